The third-order valence-electron chi connectivity index (χ3n) is 1.39. The molecule has 2 N–H and O–H groups in total. The van der Waals surface area contributed by atoms with Crippen molar-refractivity contribution in [3.8, 4) is 0 Å². The van der Waals surface area contributed by atoms with E-state index in [1.807, 2.05) is 13.2 Å². The van der Waals surface area contributed by atoms with Gasteiger partial charge in [0.2, 0.25) is 0 Å². The number of thioether (sulfide) groups is 1. The molecule has 0 aromatic rings. The number of esters is 1. The van der Waals surface area contributed by atoms with Crippen LogP contribution < -0.4 is 5.73 Å². The van der Waals surface area contributed by atoms with E-state index in [1.165, 1.54) is 11.8 Å². The minimum atomic E-state index is -0.299. The maximum Gasteiger partial charge on any atom is 0.336 e. The van der Waals surface area contributed by atoms with E-state index in [4.69, 9.17) is 10.5 Å². The van der Waals surface area contributed by atoms with Crippen molar-refractivity contribution in [3.63, 3.8) is 0 Å². The summed E-state index contributed by atoms with van der Waals surface area (Å²) in [5.74, 6) is -0.299. The number of nitrogens with two attached hydrogens (primary N) is 1. The van der Waals surface area contributed by atoms with Crippen molar-refractivity contribution >= 4 is 17.7 Å². The first-order chi connectivity index (χ1) is 5.67. The highest BCUT2D eigenvalue weighted by Gasteiger charge is 2.11. The van der Waals surface area contributed by atoms with Crippen LogP contribution in [0.3, 0.4) is 0 Å². The van der Waals surface area contributed by atoms with E-state index >= 15 is 0 Å². The average Bonchev–Trinajstić information content (AvgIpc) is 2.06. The van der Waals surface area contributed by atoms with Crippen molar-refractivity contribution in [2.75, 3.05) is 12.9 Å². The van der Waals surface area contributed by atoms with Crippen LogP contribution in [-0.4, -0.2) is 18.8 Å². The fraction of sp³-hybridized carbons (Fsp3) is 0.625. The zero-order chi connectivity index (χ0) is 9.56. The molecule has 0 aromatic carbocycles. The van der Waals surface area contributed by atoms with Crippen LogP contribution in [0.1, 0.15) is 20.3 Å². The van der Waals surface area contributed by atoms with Crippen molar-refractivity contribution in [1.82, 2.24) is 0 Å². The number of rotatable bonds is 4. The third kappa shape index (κ3) is 3.17. The van der Waals surface area contributed by atoms with Crippen LogP contribution >= 0.6 is 11.8 Å². The summed E-state index contributed by atoms with van der Waals surface area (Å²) in [4.78, 5) is 11.2. The van der Waals surface area contributed by atoms with Crippen molar-refractivity contribution in [3.05, 3.63) is 10.6 Å². The van der Waals surface area contributed by atoms with Gasteiger partial charge < -0.3 is 10.5 Å². The Morgan fingerprint density at radius 2 is 2.08 bits per heavy atom. The van der Waals surface area contributed by atoms with Gasteiger partial charge in [-0.3, -0.25) is 0 Å². The first-order valence-electron chi connectivity index (χ1n) is 3.87. The zero-order valence-corrected chi connectivity index (χ0v) is 8.53. The maximum absolute atomic E-state index is 11.2. The second-order valence-electron chi connectivity index (χ2n) is 2.12. The van der Waals surface area contributed by atoms with Crippen LogP contribution in [0.25, 0.3) is 0 Å². The highest BCUT2D eigenvalue weighted by molar-refractivity contribution is 8.02. The molecule has 0 radical (unpaired) electrons. The molecule has 0 aliphatic rings. The molecule has 0 bridgehead atoms. The summed E-state index contributed by atoms with van der Waals surface area (Å²) >= 11 is 1.37. The number of hydrogen-bond donors (Lipinski definition) is 1. The fourth-order valence-corrected chi connectivity index (χ4v) is 1.23. The molecule has 12 heavy (non-hydrogen) atoms. The topological polar surface area (TPSA) is 52.3 Å². The number of carbonyl (C=O) groups is 1. The van der Waals surface area contributed by atoms with E-state index in [1.54, 1.807) is 6.92 Å². The van der Waals surface area contributed by atoms with Crippen molar-refractivity contribution in [2.24, 2.45) is 5.73 Å². The molecule has 0 rings (SSSR count). The van der Waals surface area contributed by atoms with Gasteiger partial charge in [-0.05, 0) is 19.6 Å². The van der Waals surface area contributed by atoms with Gasteiger partial charge >= 0.3 is 5.97 Å². The Labute approximate surface area is 77.3 Å². The van der Waals surface area contributed by atoms with E-state index in [-0.39, 0.29) is 5.97 Å². The summed E-state index contributed by atoms with van der Waals surface area (Å²) in [5, 5.41) is 0.552. The highest BCUT2D eigenvalue weighted by atomic mass is 32.2. The summed E-state index contributed by atoms with van der Waals surface area (Å²) in [6, 6.07) is 0. The van der Waals surface area contributed by atoms with Crippen LogP contribution in [0, 0.1) is 0 Å². The van der Waals surface area contributed by atoms with Crippen LogP contribution in [0.15, 0.2) is 10.6 Å². The van der Waals surface area contributed by atoms with E-state index < -0.39 is 0 Å². The summed E-state index contributed by atoms with van der Waals surface area (Å²) < 4.78 is 4.83. The standard InChI is InChI=1S/C8H15NO2S/c1-4-6(7(9)12-3)8(10)11-5-2/h4-5,9H2,1-3H3. The summed E-state index contributed by atoms with van der Waals surface area (Å²) in [5.41, 5.74) is 6.17. The molecule has 3 nitrogen and oxygen atoms in total. The summed E-state index contributed by atoms with van der Waals surface area (Å²) in [7, 11) is 0. The van der Waals surface area contributed by atoms with E-state index in [2.05, 4.69) is 0 Å². The Hall–Kier alpha value is -0.640. The van der Waals surface area contributed by atoms with Crippen LogP contribution in [0.5, 0.6) is 0 Å². The van der Waals surface area contributed by atoms with Crippen molar-refractivity contribution in [1.29, 1.82) is 0 Å². The lowest BCUT2D eigenvalue weighted by Gasteiger charge is -2.06. The summed E-state index contributed by atoms with van der Waals surface area (Å²) in [6.07, 6.45) is 2.45. The van der Waals surface area contributed by atoms with E-state index in [9.17, 15) is 4.79 Å². The molecule has 4 heteroatoms. The summed E-state index contributed by atoms with van der Waals surface area (Å²) in [6.45, 7) is 4.06. The maximum atomic E-state index is 11.2. The normalized spacial score (nSPS) is 12.2. The van der Waals surface area contributed by atoms with Gasteiger partial charge in [-0.2, -0.15) is 0 Å². The monoisotopic (exact) mass is 189 g/mol. The van der Waals surface area contributed by atoms with E-state index in [0.29, 0.717) is 23.6 Å². The highest BCUT2D eigenvalue weighted by Crippen LogP contribution is 2.14. The Morgan fingerprint density at radius 1 is 1.50 bits per heavy atom. The first-order valence-corrected chi connectivity index (χ1v) is 5.09. The predicted molar refractivity (Wildman–Crippen MR) is 51.7 cm³/mol. The Bertz CT molecular complexity index is 189. The molecule has 0 saturated carbocycles. The Balaban J connectivity index is 4.44. The average molecular weight is 189 g/mol. The molecule has 0 aliphatic heterocycles. The third-order valence-corrected chi connectivity index (χ3v) is 2.08. The van der Waals surface area contributed by atoms with Gasteiger partial charge in [0.15, 0.2) is 0 Å². The minimum absolute atomic E-state index is 0.299. The molecule has 0 aliphatic carbocycles. The van der Waals surface area contributed by atoms with Gasteiger partial charge in [-0.25, -0.2) is 4.79 Å². The van der Waals surface area contributed by atoms with Crippen LogP contribution in [0.4, 0.5) is 0 Å². The number of ether oxygens (including phenoxy) is 1. The molecule has 0 atom stereocenters. The quantitative estimate of drug-likeness (QED) is 0.538. The molecule has 0 aromatic heterocycles. The van der Waals surface area contributed by atoms with Crippen molar-refractivity contribution < 1.29 is 9.53 Å². The van der Waals surface area contributed by atoms with Gasteiger partial charge in [0.25, 0.3) is 0 Å². The second-order valence-corrected chi connectivity index (χ2v) is 2.97. The fourth-order valence-electron chi connectivity index (χ4n) is 0.761. The number of hydrogen-bond acceptors (Lipinski definition) is 4. The van der Waals surface area contributed by atoms with Gasteiger partial charge in [0.05, 0.1) is 17.2 Å². The minimum Gasteiger partial charge on any atom is -0.463 e. The largest absolute Gasteiger partial charge is 0.463 e. The van der Waals surface area contributed by atoms with Crippen LogP contribution in [-0.2, 0) is 9.53 Å². The molecule has 0 spiro atoms. The van der Waals surface area contributed by atoms with Gasteiger partial charge in [0, 0.05) is 0 Å². The molecule has 0 fully saturated rings. The van der Waals surface area contributed by atoms with Crippen molar-refractivity contribution in [2.45, 2.75) is 20.3 Å². The Morgan fingerprint density at radius 3 is 2.42 bits per heavy atom. The predicted octanol–water partition coefficient (Wildman–Crippen LogP) is 1.49. The smallest absolute Gasteiger partial charge is 0.336 e. The van der Waals surface area contributed by atoms with Gasteiger partial charge in [-0.1, -0.05) is 6.92 Å². The Kier molecular flexibility index (Phi) is 5.62. The lowest BCUT2D eigenvalue weighted by molar-refractivity contribution is -0.138. The lowest BCUT2D eigenvalue weighted by atomic mass is 10.2. The van der Waals surface area contributed by atoms with Gasteiger partial charge in [0.1, 0.15) is 0 Å². The molecule has 0 unspecified atom stereocenters. The van der Waals surface area contributed by atoms with Gasteiger partial charge in [-0.15, -0.1) is 11.8 Å². The molecule has 0 amide bonds. The molecule has 0 heterocycles. The molecular weight excluding hydrogens is 174 g/mol. The molecular formula is C8H15NO2S. The zero-order valence-electron chi connectivity index (χ0n) is 7.72. The first kappa shape index (κ1) is 11.4. The SMILES string of the molecule is CCOC(=O)C(CC)=C(N)SC. The molecule has 0 saturated heterocycles. The van der Waals surface area contributed by atoms with Crippen LogP contribution in [0.2, 0.25) is 0 Å². The van der Waals surface area contributed by atoms with E-state index in [0.717, 1.165) is 0 Å². The number of carbonyl (C=O) groups excluding carboxylic acids is 1. The molecule has 70 valence electrons. The lowest BCUT2D eigenvalue weighted by Crippen LogP contribution is -2.11. The second kappa shape index (κ2) is 5.94.